The van der Waals surface area contributed by atoms with Gasteiger partial charge in [0.2, 0.25) is 0 Å². The number of benzene rings is 2. The molecular formula is C21H24ClN3O3. The van der Waals surface area contributed by atoms with Crippen molar-refractivity contribution in [3.63, 3.8) is 0 Å². The van der Waals surface area contributed by atoms with E-state index in [-0.39, 0.29) is 12.5 Å². The Morgan fingerprint density at radius 2 is 1.96 bits per heavy atom. The number of aromatic nitrogens is 2. The first-order valence-electron chi connectivity index (χ1n) is 9.25. The molecular weight excluding hydrogens is 378 g/mol. The number of para-hydroxylation sites is 2. The van der Waals surface area contributed by atoms with Gasteiger partial charge in [-0.3, -0.25) is 4.79 Å². The van der Waals surface area contributed by atoms with Crippen LogP contribution in [0.15, 0.2) is 48.5 Å². The summed E-state index contributed by atoms with van der Waals surface area (Å²) in [5, 5.41) is 3.51. The topological polar surface area (TPSA) is 65.4 Å². The highest BCUT2D eigenvalue weighted by atomic mass is 35.5. The Kier molecular flexibility index (Phi) is 7.28. The summed E-state index contributed by atoms with van der Waals surface area (Å²) >= 11 is 5.83. The number of hydrogen-bond donors (Lipinski definition) is 1. The van der Waals surface area contributed by atoms with Gasteiger partial charge in [0.25, 0.3) is 5.91 Å². The van der Waals surface area contributed by atoms with E-state index in [1.807, 2.05) is 18.2 Å². The van der Waals surface area contributed by atoms with Crippen LogP contribution >= 0.6 is 11.6 Å². The number of fused-ring (bicyclic) bond motifs is 1. The summed E-state index contributed by atoms with van der Waals surface area (Å²) in [5.41, 5.74) is 2.09. The molecule has 0 saturated heterocycles. The molecule has 0 aliphatic heterocycles. The second-order valence-corrected chi connectivity index (χ2v) is 6.79. The fourth-order valence-corrected chi connectivity index (χ4v) is 3.08. The minimum atomic E-state index is -0.150. The van der Waals surface area contributed by atoms with E-state index >= 15 is 0 Å². The van der Waals surface area contributed by atoms with Gasteiger partial charge in [-0.15, -0.1) is 0 Å². The minimum Gasteiger partial charge on any atom is -0.484 e. The van der Waals surface area contributed by atoms with Crippen LogP contribution in [0, 0.1) is 0 Å². The third-order valence-electron chi connectivity index (χ3n) is 4.34. The molecule has 1 N–H and O–H groups in total. The second-order valence-electron chi connectivity index (χ2n) is 6.36. The van der Waals surface area contributed by atoms with E-state index < -0.39 is 0 Å². The van der Waals surface area contributed by atoms with E-state index in [2.05, 4.69) is 16.0 Å². The van der Waals surface area contributed by atoms with E-state index in [4.69, 9.17) is 26.1 Å². The molecule has 0 atom stereocenters. The number of ether oxygens (including phenoxy) is 2. The van der Waals surface area contributed by atoms with Crippen molar-refractivity contribution < 1.29 is 14.3 Å². The number of hydrogen-bond acceptors (Lipinski definition) is 4. The highest BCUT2D eigenvalue weighted by Crippen LogP contribution is 2.17. The first-order valence-corrected chi connectivity index (χ1v) is 9.63. The summed E-state index contributed by atoms with van der Waals surface area (Å²) in [6.07, 6.45) is 1.57. The number of nitrogens with one attached hydrogen (secondary N) is 1. The molecule has 0 spiro atoms. The largest absolute Gasteiger partial charge is 0.484 e. The molecule has 0 unspecified atom stereocenters. The third kappa shape index (κ3) is 5.47. The van der Waals surface area contributed by atoms with Crippen molar-refractivity contribution in [1.29, 1.82) is 0 Å². The number of carbonyl (C=O) groups excluding carboxylic acids is 1. The van der Waals surface area contributed by atoms with Crippen LogP contribution in [0.2, 0.25) is 5.02 Å². The number of methoxy groups -OCH3 is 1. The Morgan fingerprint density at radius 3 is 2.75 bits per heavy atom. The Balaban J connectivity index is 1.46. The number of nitrogens with zero attached hydrogens (tertiary/aromatic N) is 2. The molecule has 0 fully saturated rings. The van der Waals surface area contributed by atoms with Gasteiger partial charge >= 0.3 is 0 Å². The monoisotopic (exact) mass is 401 g/mol. The van der Waals surface area contributed by atoms with Gasteiger partial charge in [0.1, 0.15) is 11.6 Å². The van der Waals surface area contributed by atoms with Crippen molar-refractivity contribution in [3.05, 3.63) is 59.4 Å². The van der Waals surface area contributed by atoms with Crippen LogP contribution in [0.1, 0.15) is 12.2 Å². The Labute approximate surface area is 169 Å². The standard InChI is InChI=1S/C21H24ClN3O3/c1-27-14-13-25-19-6-3-2-5-18(19)24-20(25)7-4-12-23-21(26)15-28-17-10-8-16(22)9-11-17/h2-3,5-6,8-11H,4,7,12-15H2,1H3,(H,23,26). The van der Waals surface area contributed by atoms with Crippen molar-refractivity contribution >= 4 is 28.5 Å². The SMILES string of the molecule is COCCn1c(CCCNC(=O)COc2ccc(Cl)cc2)nc2ccccc21. The lowest BCUT2D eigenvalue weighted by Crippen LogP contribution is -2.30. The molecule has 1 heterocycles. The molecule has 0 saturated carbocycles. The van der Waals surface area contributed by atoms with Crippen LogP contribution in [0.25, 0.3) is 11.0 Å². The fourth-order valence-electron chi connectivity index (χ4n) is 2.95. The quantitative estimate of drug-likeness (QED) is 0.528. The molecule has 6 nitrogen and oxygen atoms in total. The van der Waals surface area contributed by atoms with E-state index in [1.165, 1.54) is 0 Å². The molecule has 0 aliphatic rings. The number of amides is 1. The average molecular weight is 402 g/mol. The summed E-state index contributed by atoms with van der Waals surface area (Å²) in [5.74, 6) is 1.47. The fraction of sp³-hybridized carbons (Fsp3) is 0.333. The van der Waals surface area contributed by atoms with Crippen molar-refractivity contribution in [2.45, 2.75) is 19.4 Å². The van der Waals surface area contributed by atoms with Crippen molar-refractivity contribution in [2.75, 3.05) is 26.9 Å². The Bertz CT molecular complexity index is 909. The van der Waals surface area contributed by atoms with Gasteiger partial charge < -0.3 is 19.4 Å². The van der Waals surface area contributed by atoms with E-state index in [0.29, 0.717) is 23.9 Å². The zero-order valence-electron chi connectivity index (χ0n) is 15.9. The number of halogens is 1. The van der Waals surface area contributed by atoms with Gasteiger partial charge in [-0.05, 0) is 42.8 Å². The molecule has 2 aromatic carbocycles. The third-order valence-corrected chi connectivity index (χ3v) is 4.59. The van der Waals surface area contributed by atoms with Crippen molar-refractivity contribution in [3.8, 4) is 5.75 Å². The maximum atomic E-state index is 11.9. The zero-order chi connectivity index (χ0) is 19.8. The molecule has 0 aliphatic carbocycles. The first-order chi connectivity index (χ1) is 13.7. The lowest BCUT2D eigenvalue weighted by molar-refractivity contribution is -0.123. The first kappa shape index (κ1) is 20.2. The van der Waals surface area contributed by atoms with Crippen LogP contribution in [0.4, 0.5) is 0 Å². The smallest absolute Gasteiger partial charge is 0.257 e. The number of carbonyl (C=O) groups is 1. The van der Waals surface area contributed by atoms with Crippen LogP contribution < -0.4 is 10.1 Å². The maximum Gasteiger partial charge on any atom is 0.257 e. The molecule has 0 bridgehead atoms. The number of rotatable bonds is 10. The highest BCUT2D eigenvalue weighted by molar-refractivity contribution is 6.30. The van der Waals surface area contributed by atoms with E-state index in [9.17, 15) is 4.79 Å². The Morgan fingerprint density at radius 1 is 1.18 bits per heavy atom. The van der Waals surface area contributed by atoms with Gasteiger partial charge in [-0.1, -0.05) is 23.7 Å². The summed E-state index contributed by atoms with van der Waals surface area (Å²) in [4.78, 5) is 16.7. The van der Waals surface area contributed by atoms with Gasteiger partial charge in [0.05, 0.1) is 17.6 Å². The average Bonchev–Trinajstić information content (AvgIpc) is 3.06. The second kappa shape index (κ2) is 10.1. The van der Waals surface area contributed by atoms with Crippen LogP contribution in [-0.2, 0) is 22.5 Å². The molecule has 0 radical (unpaired) electrons. The normalized spacial score (nSPS) is 10.9. The number of aryl methyl sites for hydroxylation is 1. The summed E-state index contributed by atoms with van der Waals surface area (Å²) in [6.45, 7) is 1.93. The van der Waals surface area contributed by atoms with Crippen molar-refractivity contribution in [2.24, 2.45) is 0 Å². The molecule has 3 aromatic rings. The Hall–Kier alpha value is -2.57. The van der Waals surface area contributed by atoms with Gasteiger partial charge in [-0.25, -0.2) is 4.98 Å². The van der Waals surface area contributed by atoms with Crippen LogP contribution in [-0.4, -0.2) is 42.3 Å². The van der Waals surface area contributed by atoms with Gasteiger partial charge in [0.15, 0.2) is 6.61 Å². The number of imidazole rings is 1. The molecule has 7 heteroatoms. The molecule has 1 amide bonds. The lowest BCUT2D eigenvalue weighted by atomic mass is 10.3. The summed E-state index contributed by atoms with van der Waals surface area (Å²) in [7, 11) is 1.69. The zero-order valence-corrected chi connectivity index (χ0v) is 16.6. The highest BCUT2D eigenvalue weighted by Gasteiger charge is 2.10. The predicted molar refractivity (Wildman–Crippen MR) is 110 cm³/mol. The van der Waals surface area contributed by atoms with Crippen LogP contribution in [0.5, 0.6) is 5.75 Å². The minimum absolute atomic E-state index is 0.0199. The van der Waals surface area contributed by atoms with Crippen LogP contribution in [0.3, 0.4) is 0 Å². The van der Waals surface area contributed by atoms with E-state index in [0.717, 1.165) is 36.2 Å². The maximum absolute atomic E-state index is 11.9. The molecule has 1 aromatic heterocycles. The lowest BCUT2D eigenvalue weighted by Gasteiger charge is -2.10. The summed E-state index contributed by atoms with van der Waals surface area (Å²) in [6, 6.07) is 15.0. The predicted octanol–water partition coefficient (Wildman–Crippen LogP) is 3.46. The molecule has 3 rings (SSSR count). The molecule has 28 heavy (non-hydrogen) atoms. The van der Waals surface area contributed by atoms with E-state index in [1.54, 1.807) is 31.4 Å². The van der Waals surface area contributed by atoms with Gasteiger partial charge in [-0.2, -0.15) is 0 Å². The summed E-state index contributed by atoms with van der Waals surface area (Å²) < 4.78 is 12.8. The molecule has 148 valence electrons. The van der Waals surface area contributed by atoms with Crippen molar-refractivity contribution in [1.82, 2.24) is 14.9 Å². The van der Waals surface area contributed by atoms with Gasteiger partial charge in [0, 0.05) is 31.6 Å².